The highest BCUT2D eigenvalue weighted by molar-refractivity contribution is 6.30. The Bertz CT molecular complexity index is 1270. The van der Waals surface area contributed by atoms with Crippen molar-refractivity contribution >= 4 is 28.4 Å². The number of hydrogen-bond donors (Lipinski definition) is 1. The SMILES string of the molecule is Cc1ccc2[nH]nc(C(=O)N3CCOC(c4nccnc4-c4cccc(Cl)c4)C3)c2c1. The second kappa shape index (κ2) is 8.09. The topological polar surface area (TPSA) is 84.0 Å². The third kappa shape index (κ3) is 3.78. The van der Waals surface area contributed by atoms with E-state index in [9.17, 15) is 4.79 Å². The molecule has 7 nitrogen and oxygen atoms in total. The fourth-order valence-electron chi connectivity index (χ4n) is 3.88. The summed E-state index contributed by atoms with van der Waals surface area (Å²) in [7, 11) is 0. The van der Waals surface area contributed by atoms with Crippen LogP contribution in [0.15, 0.2) is 54.9 Å². The Morgan fingerprint density at radius 1 is 1.19 bits per heavy atom. The number of H-pyrrole nitrogens is 1. The molecule has 3 heterocycles. The number of amides is 1. The van der Waals surface area contributed by atoms with Gasteiger partial charge in [-0.2, -0.15) is 5.10 Å². The van der Waals surface area contributed by atoms with E-state index in [0.29, 0.717) is 41.8 Å². The fraction of sp³-hybridized carbons (Fsp3) is 0.217. The minimum Gasteiger partial charge on any atom is -0.368 e. The summed E-state index contributed by atoms with van der Waals surface area (Å²) < 4.78 is 6.00. The first-order valence-electron chi connectivity index (χ1n) is 10.0. The van der Waals surface area contributed by atoms with Crippen LogP contribution in [0.25, 0.3) is 22.2 Å². The highest BCUT2D eigenvalue weighted by Crippen LogP contribution is 2.31. The van der Waals surface area contributed by atoms with E-state index in [4.69, 9.17) is 16.3 Å². The zero-order valence-corrected chi connectivity index (χ0v) is 17.6. The number of nitrogens with zero attached hydrogens (tertiary/aromatic N) is 4. The second-order valence-electron chi connectivity index (χ2n) is 7.53. The molecule has 5 rings (SSSR count). The summed E-state index contributed by atoms with van der Waals surface area (Å²) >= 11 is 6.17. The Morgan fingerprint density at radius 2 is 2.06 bits per heavy atom. The lowest BCUT2D eigenvalue weighted by Crippen LogP contribution is -2.42. The van der Waals surface area contributed by atoms with Crippen LogP contribution in [-0.4, -0.2) is 50.7 Å². The molecule has 0 spiro atoms. The number of fused-ring (bicyclic) bond motifs is 1. The number of carbonyl (C=O) groups excluding carboxylic acids is 1. The van der Waals surface area contributed by atoms with Crippen molar-refractivity contribution in [3.05, 3.63) is 76.8 Å². The molecule has 1 aliphatic rings. The summed E-state index contributed by atoms with van der Waals surface area (Å²) in [5.74, 6) is -0.127. The number of benzene rings is 2. The number of halogens is 1. The summed E-state index contributed by atoms with van der Waals surface area (Å²) in [5, 5.41) is 8.68. The van der Waals surface area contributed by atoms with Crippen molar-refractivity contribution in [2.75, 3.05) is 19.7 Å². The molecule has 1 atom stereocenters. The Balaban J connectivity index is 1.45. The van der Waals surface area contributed by atoms with Crippen LogP contribution in [0.2, 0.25) is 5.02 Å². The monoisotopic (exact) mass is 433 g/mol. The molecule has 8 heteroatoms. The van der Waals surface area contributed by atoms with Crippen molar-refractivity contribution in [1.29, 1.82) is 0 Å². The first-order chi connectivity index (χ1) is 15.1. The van der Waals surface area contributed by atoms with E-state index in [1.54, 1.807) is 17.3 Å². The predicted octanol–water partition coefficient (Wildman–Crippen LogP) is 4.20. The van der Waals surface area contributed by atoms with Gasteiger partial charge >= 0.3 is 0 Å². The number of ether oxygens (including phenoxy) is 1. The third-order valence-corrected chi connectivity index (χ3v) is 5.64. The molecule has 0 radical (unpaired) electrons. The molecule has 1 fully saturated rings. The summed E-state index contributed by atoms with van der Waals surface area (Å²) in [5.41, 5.74) is 4.59. The maximum absolute atomic E-state index is 13.3. The lowest BCUT2D eigenvalue weighted by molar-refractivity contribution is -0.0247. The van der Waals surface area contributed by atoms with Crippen LogP contribution in [0.4, 0.5) is 0 Å². The molecular formula is C23H20ClN5O2. The van der Waals surface area contributed by atoms with E-state index >= 15 is 0 Å². The molecule has 1 amide bonds. The number of carbonyl (C=O) groups is 1. The predicted molar refractivity (Wildman–Crippen MR) is 118 cm³/mol. The van der Waals surface area contributed by atoms with Crippen molar-refractivity contribution in [3.8, 4) is 11.3 Å². The number of morpholine rings is 1. The first kappa shape index (κ1) is 19.7. The Hall–Kier alpha value is -3.29. The largest absolute Gasteiger partial charge is 0.368 e. The number of aromatic nitrogens is 4. The average molecular weight is 434 g/mol. The van der Waals surface area contributed by atoms with Gasteiger partial charge in [0.1, 0.15) is 6.10 Å². The van der Waals surface area contributed by atoms with Gasteiger partial charge in [0.15, 0.2) is 5.69 Å². The van der Waals surface area contributed by atoms with Crippen molar-refractivity contribution in [3.63, 3.8) is 0 Å². The van der Waals surface area contributed by atoms with Crippen LogP contribution in [0, 0.1) is 6.92 Å². The van der Waals surface area contributed by atoms with Gasteiger partial charge in [-0.15, -0.1) is 0 Å². The van der Waals surface area contributed by atoms with E-state index in [0.717, 1.165) is 22.0 Å². The third-order valence-electron chi connectivity index (χ3n) is 5.40. The van der Waals surface area contributed by atoms with Crippen LogP contribution < -0.4 is 0 Å². The van der Waals surface area contributed by atoms with E-state index < -0.39 is 6.10 Å². The van der Waals surface area contributed by atoms with E-state index in [2.05, 4.69) is 20.2 Å². The summed E-state index contributed by atoms with van der Waals surface area (Å²) in [6.07, 6.45) is 2.88. The zero-order chi connectivity index (χ0) is 21.4. The van der Waals surface area contributed by atoms with Crippen LogP contribution in [0.5, 0.6) is 0 Å². The van der Waals surface area contributed by atoms with Gasteiger partial charge in [0, 0.05) is 34.9 Å². The molecule has 2 aromatic heterocycles. The molecule has 156 valence electrons. The lowest BCUT2D eigenvalue weighted by Gasteiger charge is -2.32. The molecule has 0 aliphatic carbocycles. The normalized spacial score (nSPS) is 16.6. The highest BCUT2D eigenvalue weighted by Gasteiger charge is 2.31. The lowest BCUT2D eigenvalue weighted by atomic mass is 10.0. The van der Waals surface area contributed by atoms with E-state index in [1.165, 1.54) is 0 Å². The molecule has 1 saturated heterocycles. The van der Waals surface area contributed by atoms with Crippen LogP contribution >= 0.6 is 11.6 Å². The van der Waals surface area contributed by atoms with Gasteiger partial charge in [0.2, 0.25) is 0 Å². The fourth-order valence-corrected chi connectivity index (χ4v) is 4.07. The maximum atomic E-state index is 13.3. The summed E-state index contributed by atoms with van der Waals surface area (Å²) in [6, 6.07) is 13.4. The van der Waals surface area contributed by atoms with Gasteiger partial charge in [-0.1, -0.05) is 35.4 Å². The number of aromatic amines is 1. The van der Waals surface area contributed by atoms with Gasteiger partial charge in [-0.05, 0) is 31.2 Å². The van der Waals surface area contributed by atoms with Crippen molar-refractivity contribution in [1.82, 2.24) is 25.1 Å². The average Bonchev–Trinajstić information content (AvgIpc) is 3.21. The molecular weight excluding hydrogens is 414 g/mol. The number of rotatable bonds is 3. The maximum Gasteiger partial charge on any atom is 0.275 e. The Kier molecular flexibility index (Phi) is 5.13. The van der Waals surface area contributed by atoms with Crippen LogP contribution in [0.1, 0.15) is 27.8 Å². The van der Waals surface area contributed by atoms with Gasteiger partial charge in [0.05, 0.1) is 30.1 Å². The number of nitrogens with one attached hydrogen (secondary N) is 1. The Labute approximate surface area is 184 Å². The van der Waals surface area contributed by atoms with Gasteiger partial charge < -0.3 is 9.64 Å². The molecule has 0 bridgehead atoms. The molecule has 4 aromatic rings. The molecule has 1 unspecified atom stereocenters. The molecule has 31 heavy (non-hydrogen) atoms. The first-order valence-corrected chi connectivity index (χ1v) is 10.4. The van der Waals surface area contributed by atoms with Gasteiger partial charge in [-0.3, -0.25) is 19.9 Å². The van der Waals surface area contributed by atoms with Gasteiger partial charge in [0.25, 0.3) is 5.91 Å². The molecule has 0 saturated carbocycles. The Morgan fingerprint density at radius 3 is 2.94 bits per heavy atom. The second-order valence-corrected chi connectivity index (χ2v) is 7.97. The number of aryl methyl sites for hydroxylation is 1. The van der Waals surface area contributed by atoms with Crippen LogP contribution in [-0.2, 0) is 4.74 Å². The van der Waals surface area contributed by atoms with Crippen molar-refractivity contribution in [2.24, 2.45) is 0 Å². The molecule has 1 N–H and O–H groups in total. The summed E-state index contributed by atoms with van der Waals surface area (Å²) in [4.78, 5) is 24.1. The minimum atomic E-state index is -0.396. The number of hydrogen-bond acceptors (Lipinski definition) is 5. The molecule has 1 aliphatic heterocycles. The molecule has 2 aromatic carbocycles. The van der Waals surface area contributed by atoms with E-state index in [1.807, 2.05) is 49.4 Å². The zero-order valence-electron chi connectivity index (χ0n) is 16.9. The van der Waals surface area contributed by atoms with Gasteiger partial charge in [-0.25, -0.2) is 0 Å². The minimum absolute atomic E-state index is 0.127. The standard InChI is InChI=1S/C23H20ClN5O2/c1-14-5-6-18-17(11-14)21(28-27-18)23(30)29-9-10-31-19(13-29)22-20(25-7-8-26-22)15-3-2-4-16(24)12-15/h2-8,11-12,19H,9-10,13H2,1H3,(H,27,28). The quantitative estimate of drug-likeness (QED) is 0.523. The summed E-state index contributed by atoms with van der Waals surface area (Å²) in [6.45, 7) is 3.26. The van der Waals surface area contributed by atoms with Crippen LogP contribution in [0.3, 0.4) is 0 Å². The van der Waals surface area contributed by atoms with E-state index in [-0.39, 0.29) is 5.91 Å². The highest BCUT2D eigenvalue weighted by atomic mass is 35.5. The van der Waals surface area contributed by atoms with Crippen molar-refractivity contribution < 1.29 is 9.53 Å². The smallest absolute Gasteiger partial charge is 0.275 e. The van der Waals surface area contributed by atoms with Crippen molar-refractivity contribution in [2.45, 2.75) is 13.0 Å².